The second kappa shape index (κ2) is 7.94. The van der Waals surface area contributed by atoms with Gasteiger partial charge in [-0.2, -0.15) is 0 Å². The van der Waals surface area contributed by atoms with Crippen molar-refractivity contribution >= 4 is 27.4 Å². The minimum atomic E-state index is -3.26. The number of anilines is 2. The lowest BCUT2D eigenvalue weighted by Crippen LogP contribution is -2.28. The zero-order valence-corrected chi connectivity index (χ0v) is 14.4. The second-order valence-corrected chi connectivity index (χ2v) is 7.35. The van der Waals surface area contributed by atoms with Crippen molar-refractivity contribution in [3.05, 3.63) is 60.2 Å². The third kappa shape index (κ3) is 5.36. The van der Waals surface area contributed by atoms with E-state index in [0.717, 1.165) is 5.56 Å². The normalized spacial score (nSPS) is 12.4. The molecule has 0 radical (unpaired) electrons. The van der Waals surface area contributed by atoms with E-state index in [2.05, 4.69) is 15.4 Å². The average Bonchev–Trinajstić information content (AvgIpc) is 2.56. The van der Waals surface area contributed by atoms with Gasteiger partial charge in [-0.25, -0.2) is 17.9 Å². The Hall–Kier alpha value is -2.38. The van der Waals surface area contributed by atoms with Crippen LogP contribution in [-0.2, 0) is 10.0 Å². The summed E-state index contributed by atoms with van der Waals surface area (Å²) in [7, 11) is -3.26. The molecule has 0 aliphatic rings. The van der Waals surface area contributed by atoms with Crippen LogP contribution < -0.4 is 15.4 Å². The van der Waals surface area contributed by atoms with Gasteiger partial charge in [-0.05, 0) is 43.7 Å². The smallest absolute Gasteiger partial charge is 0.308 e. The van der Waals surface area contributed by atoms with Gasteiger partial charge in [0.2, 0.25) is 10.0 Å². The molecular formula is C17H21N3O3S. The van der Waals surface area contributed by atoms with Crippen molar-refractivity contribution in [2.75, 3.05) is 16.4 Å². The molecular weight excluding hydrogens is 326 g/mol. The van der Waals surface area contributed by atoms with Crippen molar-refractivity contribution in [1.29, 1.82) is 0 Å². The van der Waals surface area contributed by atoms with E-state index in [1.165, 1.54) is 0 Å². The summed E-state index contributed by atoms with van der Waals surface area (Å²) in [5.41, 5.74) is 2.15. The Morgan fingerprint density at radius 3 is 2.04 bits per heavy atom. The van der Waals surface area contributed by atoms with Crippen LogP contribution in [0, 0.1) is 0 Å². The molecule has 7 heteroatoms. The lowest BCUT2D eigenvalue weighted by molar-refractivity contribution is 0.262. The van der Waals surface area contributed by atoms with E-state index in [1.54, 1.807) is 50.2 Å². The van der Waals surface area contributed by atoms with E-state index in [0.29, 0.717) is 11.4 Å². The molecule has 0 saturated heterocycles. The van der Waals surface area contributed by atoms with Crippen molar-refractivity contribution in [2.45, 2.75) is 19.9 Å². The molecule has 0 spiro atoms. The fourth-order valence-corrected chi connectivity index (χ4v) is 2.93. The third-order valence-corrected chi connectivity index (χ3v) is 4.91. The van der Waals surface area contributed by atoms with Crippen molar-refractivity contribution in [3.63, 3.8) is 0 Å². The number of hydrogen-bond donors (Lipinski definition) is 3. The highest BCUT2D eigenvalue weighted by Crippen LogP contribution is 2.17. The molecule has 1 atom stereocenters. The Bertz CT molecular complexity index is 774. The summed E-state index contributed by atoms with van der Waals surface area (Å²) in [5, 5.41) is 5.45. The molecule has 2 aromatic rings. The molecule has 1 unspecified atom stereocenters. The number of para-hydroxylation sites is 1. The van der Waals surface area contributed by atoms with Gasteiger partial charge in [-0.1, -0.05) is 30.3 Å². The van der Waals surface area contributed by atoms with E-state index in [4.69, 9.17) is 0 Å². The number of amides is 2. The first-order valence-corrected chi connectivity index (χ1v) is 9.28. The Labute approximate surface area is 142 Å². The number of urea groups is 1. The van der Waals surface area contributed by atoms with Crippen LogP contribution in [0.1, 0.15) is 25.5 Å². The van der Waals surface area contributed by atoms with Gasteiger partial charge >= 0.3 is 6.03 Å². The highest BCUT2D eigenvalue weighted by molar-refractivity contribution is 7.89. The van der Waals surface area contributed by atoms with Gasteiger partial charge in [0.1, 0.15) is 0 Å². The summed E-state index contributed by atoms with van der Waals surface area (Å²) < 4.78 is 25.8. The Morgan fingerprint density at radius 1 is 0.958 bits per heavy atom. The Morgan fingerprint density at radius 2 is 1.50 bits per heavy atom. The van der Waals surface area contributed by atoms with Crippen LogP contribution in [0.2, 0.25) is 0 Å². The Balaban J connectivity index is 1.95. The van der Waals surface area contributed by atoms with Crippen LogP contribution in [0.5, 0.6) is 0 Å². The van der Waals surface area contributed by atoms with Crippen LogP contribution in [-0.4, -0.2) is 20.2 Å². The van der Waals surface area contributed by atoms with E-state index in [1.807, 2.05) is 18.2 Å². The van der Waals surface area contributed by atoms with Crippen LogP contribution >= 0.6 is 0 Å². The topological polar surface area (TPSA) is 87.3 Å². The molecule has 0 aliphatic heterocycles. The quantitative estimate of drug-likeness (QED) is 0.749. The first kappa shape index (κ1) is 18.0. The van der Waals surface area contributed by atoms with Gasteiger partial charge < -0.3 is 10.6 Å². The lowest BCUT2D eigenvalue weighted by Gasteiger charge is -2.14. The monoisotopic (exact) mass is 347 g/mol. The van der Waals surface area contributed by atoms with Gasteiger partial charge in [-0.3, -0.25) is 0 Å². The van der Waals surface area contributed by atoms with Gasteiger partial charge in [0.15, 0.2) is 0 Å². The number of carbonyl (C=O) groups is 1. The molecule has 0 heterocycles. The molecule has 0 bridgehead atoms. The fraction of sp³-hybridized carbons (Fsp3) is 0.235. The predicted molar refractivity (Wildman–Crippen MR) is 96.5 cm³/mol. The summed E-state index contributed by atoms with van der Waals surface area (Å²) in [6.45, 7) is 3.37. The summed E-state index contributed by atoms with van der Waals surface area (Å²) in [4.78, 5) is 11.9. The first-order chi connectivity index (χ1) is 11.4. The zero-order chi connectivity index (χ0) is 17.6. The number of benzene rings is 2. The molecule has 0 aromatic heterocycles. The van der Waals surface area contributed by atoms with Crippen molar-refractivity contribution in [1.82, 2.24) is 4.72 Å². The van der Waals surface area contributed by atoms with E-state index in [-0.39, 0.29) is 17.8 Å². The summed E-state index contributed by atoms with van der Waals surface area (Å²) in [6, 6.07) is 15.5. The molecule has 2 rings (SSSR count). The van der Waals surface area contributed by atoms with Gasteiger partial charge in [-0.15, -0.1) is 0 Å². The lowest BCUT2D eigenvalue weighted by atomic mass is 10.1. The van der Waals surface area contributed by atoms with Crippen LogP contribution in [0.25, 0.3) is 0 Å². The maximum atomic E-state index is 11.9. The highest BCUT2D eigenvalue weighted by Gasteiger charge is 2.13. The van der Waals surface area contributed by atoms with Crippen LogP contribution in [0.3, 0.4) is 0 Å². The number of nitrogens with one attached hydrogen (secondary N) is 3. The minimum absolute atomic E-state index is 0.0383. The molecule has 24 heavy (non-hydrogen) atoms. The average molecular weight is 347 g/mol. The third-order valence-electron chi connectivity index (χ3n) is 3.44. The van der Waals surface area contributed by atoms with E-state index in [9.17, 15) is 13.2 Å². The summed E-state index contributed by atoms with van der Waals surface area (Å²) in [5.74, 6) is 0.0383. The molecule has 0 aliphatic carbocycles. The maximum Gasteiger partial charge on any atom is 0.323 e. The summed E-state index contributed by atoms with van der Waals surface area (Å²) in [6.07, 6.45) is 0. The molecule has 2 amide bonds. The van der Waals surface area contributed by atoms with Gasteiger partial charge in [0.05, 0.1) is 5.75 Å². The van der Waals surface area contributed by atoms with Gasteiger partial charge in [0, 0.05) is 17.4 Å². The van der Waals surface area contributed by atoms with Crippen LogP contribution in [0.15, 0.2) is 54.6 Å². The molecule has 0 fully saturated rings. The largest absolute Gasteiger partial charge is 0.323 e. The fourth-order valence-electron chi connectivity index (χ4n) is 2.09. The first-order valence-electron chi connectivity index (χ1n) is 7.62. The number of rotatable bonds is 6. The standard InChI is InChI=1S/C17H21N3O3S/c1-3-24(22,23)20-13(2)14-9-11-16(12-10-14)19-17(21)18-15-7-5-4-6-8-15/h4-13,20H,3H2,1-2H3,(H2,18,19,21). The Kier molecular flexibility index (Phi) is 5.94. The molecule has 0 saturated carbocycles. The SMILES string of the molecule is CCS(=O)(=O)NC(C)c1ccc(NC(=O)Nc2ccccc2)cc1. The zero-order valence-electron chi connectivity index (χ0n) is 13.6. The number of hydrogen-bond acceptors (Lipinski definition) is 3. The number of carbonyl (C=O) groups excluding carboxylic acids is 1. The molecule has 2 aromatic carbocycles. The molecule has 3 N–H and O–H groups in total. The van der Waals surface area contributed by atoms with Gasteiger partial charge in [0.25, 0.3) is 0 Å². The second-order valence-electron chi connectivity index (χ2n) is 5.31. The predicted octanol–water partition coefficient (Wildman–Crippen LogP) is 3.33. The van der Waals surface area contributed by atoms with Crippen molar-refractivity contribution in [3.8, 4) is 0 Å². The minimum Gasteiger partial charge on any atom is -0.308 e. The van der Waals surface area contributed by atoms with E-state index < -0.39 is 10.0 Å². The number of sulfonamides is 1. The maximum absolute atomic E-state index is 11.9. The highest BCUT2D eigenvalue weighted by atomic mass is 32.2. The van der Waals surface area contributed by atoms with Crippen molar-refractivity contribution in [2.24, 2.45) is 0 Å². The van der Waals surface area contributed by atoms with Crippen molar-refractivity contribution < 1.29 is 13.2 Å². The van der Waals surface area contributed by atoms with E-state index >= 15 is 0 Å². The van der Waals surface area contributed by atoms with Crippen LogP contribution in [0.4, 0.5) is 16.2 Å². The summed E-state index contributed by atoms with van der Waals surface area (Å²) >= 11 is 0. The molecule has 6 nitrogen and oxygen atoms in total. The molecule has 128 valence electrons.